The van der Waals surface area contributed by atoms with Crippen LogP contribution in [0.1, 0.15) is 16.7 Å². The third-order valence-electron chi connectivity index (χ3n) is 2.96. The monoisotopic (exact) mass is 210 g/mol. The third kappa shape index (κ3) is 1.54. The molecular weight excluding hydrogens is 199 g/mol. The van der Waals surface area contributed by atoms with Gasteiger partial charge in [0.15, 0.2) is 0 Å². The van der Waals surface area contributed by atoms with Crippen LogP contribution in [-0.2, 0) is 6.42 Å². The SMILES string of the molecule is Fc1cccc(C2=Cc3ccccc3C2)c1. The summed E-state index contributed by atoms with van der Waals surface area (Å²) in [6.45, 7) is 0. The molecule has 0 N–H and O–H groups in total. The number of hydrogen-bond donors (Lipinski definition) is 0. The average Bonchev–Trinajstić information content (AvgIpc) is 2.72. The Morgan fingerprint density at radius 3 is 2.62 bits per heavy atom. The molecule has 0 bridgehead atoms. The van der Waals surface area contributed by atoms with Crippen LogP contribution in [0.4, 0.5) is 4.39 Å². The summed E-state index contributed by atoms with van der Waals surface area (Å²) in [6, 6.07) is 15.1. The zero-order valence-corrected chi connectivity index (χ0v) is 8.78. The van der Waals surface area contributed by atoms with Gasteiger partial charge in [-0.25, -0.2) is 4.39 Å². The molecule has 78 valence electrons. The molecule has 2 aromatic rings. The normalized spacial score (nSPS) is 13.4. The third-order valence-corrected chi connectivity index (χ3v) is 2.96. The Kier molecular flexibility index (Phi) is 2.10. The Morgan fingerprint density at radius 1 is 0.938 bits per heavy atom. The standard InChI is InChI=1S/C15H11F/c16-15-7-3-6-13(10-15)14-8-11-4-1-2-5-12(11)9-14/h1-8,10H,9H2. The maximum absolute atomic E-state index is 13.1. The van der Waals surface area contributed by atoms with Crippen molar-refractivity contribution in [2.24, 2.45) is 0 Å². The molecule has 16 heavy (non-hydrogen) atoms. The van der Waals surface area contributed by atoms with Crippen molar-refractivity contribution in [1.82, 2.24) is 0 Å². The molecule has 0 fully saturated rings. The molecule has 0 aromatic heterocycles. The fourth-order valence-corrected chi connectivity index (χ4v) is 2.15. The minimum atomic E-state index is -0.172. The largest absolute Gasteiger partial charge is 0.207 e. The molecule has 0 aliphatic heterocycles. The van der Waals surface area contributed by atoms with Crippen LogP contribution in [-0.4, -0.2) is 0 Å². The highest BCUT2D eigenvalue weighted by atomic mass is 19.1. The topological polar surface area (TPSA) is 0 Å². The van der Waals surface area contributed by atoms with Crippen molar-refractivity contribution in [1.29, 1.82) is 0 Å². The summed E-state index contributed by atoms with van der Waals surface area (Å²) < 4.78 is 13.1. The van der Waals surface area contributed by atoms with Gasteiger partial charge in [-0.15, -0.1) is 0 Å². The highest BCUT2D eigenvalue weighted by Gasteiger charge is 2.13. The van der Waals surface area contributed by atoms with Gasteiger partial charge in [0.05, 0.1) is 0 Å². The van der Waals surface area contributed by atoms with E-state index in [1.807, 2.05) is 18.2 Å². The van der Waals surface area contributed by atoms with Gasteiger partial charge < -0.3 is 0 Å². The predicted octanol–water partition coefficient (Wildman–Crippen LogP) is 3.92. The van der Waals surface area contributed by atoms with Gasteiger partial charge in [-0.05, 0) is 40.8 Å². The smallest absolute Gasteiger partial charge is 0.123 e. The van der Waals surface area contributed by atoms with Gasteiger partial charge in [-0.2, -0.15) is 0 Å². The Morgan fingerprint density at radius 2 is 1.81 bits per heavy atom. The summed E-state index contributed by atoms with van der Waals surface area (Å²) in [5, 5.41) is 0. The van der Waals surface area contributed by atoms with Crippen molar-refractivity contribution >= 4 is 11.6 Å². The quantitative estimate of drug-likeness (QED) is 0.669. The fourth-order valence-electron chi connectivity index (χ4n) is 2.15. The molecule has 0 saturated carbocycles. The summed E-state index contributed by atoms with van der Waals surface area (Å²) in [6.07, 6.45) is 3.05. The molecule has 0 unspecified atom stereocenters. The Balaban J connectivity index is 2.02. The van der Waals surface area contributed by atoms with Crippen LogP contribution in [0.2, 0.25) is 0 Å². The Labute approximate surface area is 94.1 Å². The van der Waals surface area contributed by atoms with E-state index in [9.17, 15) is 4.39 Å². The first-order valence-electron chi connectivity index (χ1n) is 5.37. The second kappa shape index (κ2) is 3.60. The summed E-state index contributed by atoms with van der Waals surface area (Å²) in [4.78, 5) is 0. The molecular formula is C15H11F. The molecule has 0 radical (unpaired) electrons. The van der Waals surface area contributed by atoms with Gasteiger partial charge >= 0.3 is 0 Å². The lowest BCUT2D eigenvalue weighted by Crippen LogP contribution is -1.86. The lowest BCUT2D eigenvalue weighted by Gasteiger charge is -2.01. The van der Waals surface area contributed by atoms with Crippen LogP contribution < -0.4 is 0 Å². The number of allylic oxidation sites excluding steroid dienone is 1. The number of benzene rings is 2. The molecule has 0 saturated heterocycles. The highest BCUT2D eigenvalue weighted by molar-refractivity contribution is 5.88. The van der Waals surface area contributed by atoms with Crippen molar-refractivity contribution < 1.29 is 4.39 Å². The number of hydrogen-bond acceptors (Lipinski definition) is 0. The van der Waals surface area contributed by atoms with E-state index in [0.29, 0.717) is 0 Å². The minimum absolute atomic E-state index is 0.172. The van der Waals surface area contributed by atoms with E-state index >= 15 is 0 Å². The summed E-state index contributed by atoms with van der Waals surface area (Å²) in [5.41, 5.74) is 4.75. The van der Waals surface area contributed by atoms with Crippen LogP contribution in [0.5, 0.6) is 0 Å². The molecule has 0 heterocycles. The maximum atomic E-state index is 13.1. The van der Waals surface area contributed by atoms with E-state index in [0.717, 1.165) is 12.0 Å². The minimum Gasteiger partial charge on any atom is -0.207 e. The molecule has 1 aliphatic rings. The molecule has 0 nitrogen and oxygen atoms in total. The van der Waals surface area contributed by atoms with E-state index < -0.39 is 0 Å². The van der Waals surface area contributed by atoms with Crippen molar-refractivity contribution in [3.8, 4) is 0 Å². The average molecular weight is 210 g/mol. The number of rotatable bonds is 1. The predicted molar refractivity (Wildman–Crippen MR) is 64.4 cm³/mol. The first-order valence-corrected chi connectivity index (χ1v) is 5.37. The van der Waals surface area contributed by atoms with Crippen molar-refractivity contribution in [3.63, 3.8) is 0 Å². The van der Waals surface area contributed by atoms with E-state index in [4.69, 9.17) is 0 Å². The van der Waals surface area contributed by atoms with E-state index in [-0.39, 0.29) is 5.82 Å². The zero-order valence-electron chi connectivity index (χ0n) is 8.78. The molecule has 3 rings (SSSR count). The van der Waals surface area contributed by atoms with E-state index in [1.54, 1.807) is 12.1 Å². The first-order chi connectivity index (χ1) is 7.83. The summed E-state index contributed by atoms with van der Waals surface area (Å²) >= 11 is 0. The Bertz CT molecular complexity index is 567. The molecule has 0 atom stereocenters. The number of halogens is 1. The van der Waals surface area contributed by atoms with Crippen LogP contribution in [0.15, 0.2) is 48.5 Å². The lowest BCUT2D eigenvalue weighted by molar-refractivity contribution is 0.627. The number of fused-ring (bicyclic) bond motifs is 1. The van der Waals surface area contributed by atoms with E-state index in [1.165, 1.54) is 22.8 Å². The van der Waals surface area contributed by atoms with Crippen molar-refractivity contribution in [2.45, 2.75) is 6.42 Å². The molecule has 0 amide bonds. The van der Waals surface area contributed by atoms with E-state index in [2.05, 4.69) is 18.2 Å². The van der Waals surface area contributed by atoms with Crippen LogP contribution >= 0.6 is 0 Å². The zero-order chi connectivity index (χ0) is 11.0. The van der Waals surface area contributed by atoms with Crippen molar-refractivity contribution in [3.05, 3.63) is 71.0 Å². The molecule has 1 heteroatoms. The molecule has 0 spiro atoms. The molecule has 2 aromatic carbocycles. The van der Waals surface area contributed by atoms with Gasteiger partial charge in [0.1, 0.15) is 5.82 Å². The summed E-state index contributed by atoms with van der Waals surface area (Å²) in [7, 11) is 0. The Hall–Kier alpha value is -1.89. The van der Waals surface area contributed by atoms with Crippen LogP contribution in [0.3, 0.4) is 0 Å². The highest BCUT2D eigenvalue weighted by Crippen LogP contribution is 2.31. The van der Waals surface area contributed by atoms with Gasteiger partial charge in [-0.3, -0.25) is 0 Å². The molecule has 1 aliphatic carbocycles. The summed E-state index contributed by atoms with van der Waals surface area (Å²) in [5.74, 6) is -0.172. The van der Waals surface area contributed by atoms with Gasteiger partial charge in [0, 0.05) is 0 Å². The van der Waals surface area contributed by atoms with Crippen LogP contribution in [0, 0.1) is 5.82 Å². The van der Waals surface area contributed by atoms with Crippen molar-refractivity contribution in [2.75, 3.05) is 0 Å². The maximum Gasteiger partial charge on any atom is 0.123 e. The van der Waals surface area contributed by atoms with Gasteiger partial charge in [0.25, 0.3) is 0 Å². The lowest BCUT2D eigenvalue weighted by atomic mass is 10.0. The second-order valence-corrected chi connectivity index (χ2v) is 4.06. The first kappa shape index (κ1) is 9.34. The fraction of sp³-hybridized carbons (Fsp3) is 0.0667. The van der Waals surface area contributed by atoms with Gasteiger partial charge in [-0.1, -0.05) is 42.5 Å². The second-order valence-electron chi connectivity index (χ2n) is 4.06. The van der Waals surface area contributed by atoms with Crippen LogP contribution in [0.25, 0.3) is 11.6 Å². The van der Waals surface area contributed by atoms with Gasteiger partial charge in [0.2, 0.25) is 0 Å².